The highest BCUT2D eigenvalue weighted by molar-refractivity contribution is 6.55. The highest BCUT2D eigenvalue weighted by Gasteiger charge is 2.61. The first-order chi connectivity index (χ1) is 14.1. The molecule has 5 nitrogen and oxygen atoms in total. The number of carboxylic acids is 1. The molecule has 1 N–H and O–H groups in total. The first-order valence-electron chi connectivity index (χ1n) is 9.32. The van der Waals surface area contributed by atoms with Crippen LogP contribution in [0.25, 0.3) is 0 Å². The van der Waals surface area contributed by atoms with E-state index in [1.807, 2.05) is 68.4 Å². The summed E-state index contributed by atoms with van der Waals surface area (Å²) in [6.45, 7) is 5.29. The van der Waals surface area contributed by atoms with Crippen LogP contribution in [0.2, 0.25) is 0 Å². The van der Waals surface area contributed by atoms with Gasteiger partial charge in [0.25, 0.3) is 5.97 Å². The molecule has 3 rings (SSSR count). The molecule has 0 saturated heterocycles. The van der Waals surface area contributed by atoms with E-state index in [9.17, 15) is 4.79 Å². The zero-order chi connectivity index (χ0) is 22.3. The normalized spacial score (nSPS) is 18.3. The lowest BCUT2D eigenvalue weighted by atomic mass is 10.1. The molecule has 1 aliphatic rings. The van der Waals surface area contributed by atoms with Gasteiger partial charge < -0.3 is 14.6 Å². The zero-order valence-electron chi connectivity index (χ0n) is 17.0. The van der Waals surface area contributed by atoms with Gasteiger partial charge in [-0.15, -0.1) is 0 Å². The summed E-state index contributed by atoms with van der Waals surface area (Å²) in [7, 11) is 0. The predicted octanol–water partition coefficient (Wildman–Crippen LogP) is 6.20. The van der Waals surface area contributed by atoms with Crippen molar-refractivity contribution < 1.29 is 24.2 Å². The van der Waals surface area contributed by atoms with Crippen molar-refractivity contribution in [2.75, 3.05) is 0 Å². The minimum atomic E-state index is -0.833. The number of aliphatic carboxylic acids is 1. The van der Waals surface area contributed by atoms with Crippen LogP contribution >= 0.6 is 23.2 Å². The molecule has 160 valence electrons. The van der Waals surface area contributed by atoms with Gasteiger partial charge in [0, 0.05) is 6.92 Å². The monoisotopic (exact) mass is 450 g/mol. The third-order valence-electron chi connectivity index (χ3n) is 4.73. The number of hydrogen-bond donors (Lipinski definition) is 1. The van der Waals surface area contributed by atoms with Crippen LogP contribution in [0.5, 0.6) is 11.5 Å². The van der Waals surface area contributed by atoms with E-state index in [0.717, 1.165) is 18.2 Å². The van der Waals surface area contributed by atoms with Gasteiger partial charge in [-0.1, -0.05) is 67.4 Å². The standard InChI is InChI=1S/C21H20Cl2O3.C2H4O2/c1-21(2)17(12-18(22)23)19(21)20(24)25-13-14-7-6-10-16(11-14)26-15-8-4-3-5-9-15;1-2(3)4/h3-12,17,19H,13H2,1-2H3;1H3,(H,3,4). The molecule has 0 aromatic heterocycles. The smallest absolute Gasteiger partial charge is 0.310 e. The molecule has 2 unspecified atom stereocenters. The van der Waals surface area contributed by atoms with E-state index in [4.69, 9.17) is 42.6 Å². The van der Waals surface area contributed by atoms with Gasteiger partial charge in [0.05, 0.1) is 5.92 Å². The summed E-state index contributed by atoms with van der Waals surface area (Å²) in [5.74, 6) is 0.173. The van der Waals surface area contributed by atoms with Gasteiger partial charge in [0.1, 0.15) is 22.6 Å². The predicted molar refractivity (Wildman–Crippen MR) is 117 cm³/mol. The molecule has 2 aromatic rings. The lowest BCUT2D eigenvalue weighted by Crippen LogP contribution is -2.10. The number of carboxylic acid groups (broad SMARTS) is 1. The number of rotatable bonds is 6. The lowest BCUT2D eigenvalue weighted by Gasteiger charge is -2.09. The van der Waals surface area contributed by atoms with Gasteiger partial charge in [-0.3, -0.25) is 9.59 Å². The Kier molecular flexibility index (Phi) is 8.33. The highest BCUT2D eigenvalue weighted by atomic mass is 35.5. The van der Waals surface area contributed by atoms with Gasteiger partial charge >= 0.3 is 5.97 Å². The van der Waals surface area contributed by atoms with E-state index in [1.165, 1.54) is 0 Å². The molecule has 0 spiro atoms. The summed E-state index contributed by atoms with van der Waals surface area (Å²) in [6, 6.07) is 17.0. The first-order valence-corrected chi connectivity index (χ1v) is 10.1. The van der Waals surface area contributed by atoms with Crippen molar-refractivity contribution in [3.05, 3.63) is 70.7 Å². The van der Waals surface area contributed by atoms with Crippen LogP contribution in [0, 0.1) is 17.3 Å². The fourth-order valence-electron chi connectivity index (χ4n) is 3.14. The van der Waals surface area contributed by atoms with Crippen molar-refractivity contribution in [1.82, 2.24) is 0 Å². The number of esters is 1. The van der Waals surface area contributed by atoms with Crippen molar-refractivity contribution in [1.29, 1.82) is 0 Å². The van der Waals surface area contributed by atoms with E-state index in [2.05, 4.69) is 0 Å². The molecular formula is C23H24Cl2O5. The second-order valence-corrected chi connectivity index (χ2v) is 8.48. The Labute approximate surface area is 186 Å². The minimum absolute atomic E-state index is 0.00717. The van der Waals surface area contributed by atoms with Crippen molar-refractivity contribution in [2.24, 2.45) is 17.3 Å². The molecule has 0 aliphatic heterocycles. The molecule has 2 atom stereocenters. The third-order valence-corrected chi connectivity index (χ3v) is 4.98. The van der Waals surface area contributed by atoms with Crippen LogP contribution in [0.15, 0.2) is 65.2 Å². The topological polar surface area (TPSA) is 72.8 Å². The maximum absolute atomic E-state index is 12.4. The molecule has 1 fully saturated rings. The molecule has 0 heterocycles. The molecular weight excluding hydrogens is 427 g/mol. The Balaban J connectivity index is 0.000000735. The summed E-state index contributed by atoms with van der Waals surface area (Å²) in [5.41, 5.74) is 0.678. The van der Waals surface area contributed by atoms with Gasteiger partial charge in [0.15, 0.2) is 0 Å². The Morgan fingerprint density at radius 2 is 1.67 bits per heavy atom. The molecule has 0 amide bonds. The van der Waals surface area contributed by atoms with Crippen molar-refractivity contribution in [3.63, 3.8) is 0 Å². The number of para-hydroxylation sites is 1. The Bertz CT molecular complexity index is 901. The fraction of sp³-hybridized carbons (Fsp3) is 0.304. The van der Waals surface area contributed by atoms with E-state index >= 15 is 0 Å². The Hall–Kier alpha value is -2.50. The molecule has 0 bridgehead atoms. The third kappa shape index (κ3) is 7.08. The van der Waals surface area contributed by atoms with Gasteiger partial charge in [0.2, 0.25) is 0 Å². The van der Waals surface area contributed by atoms with Crippen LogP contribution in [-0.4, -0.2) is 17.0 Å². The number of halogens is 2. The number of allylic oxidation sites excluding steroid dienone is 1. The summed E-state index contributed by atoms with van der Waals surface area (Å²) in [6.07, 6.45) is 1.71. The lowest BCUT2D eigenvalue weighted by molar-refractivity contribution is -0.147. The Morgan fingerprint density at radius 1 is 1.07 bits per heavy atom. The largest absolute Gasteiger partial charge is 0.481 e. The quantitative estimate of drug-likeness (QED) is 0.529. The van der Waals surface area contributed by atoms with Gasteiger partial charge in [-0.25, -0.2) is 0 Å². The summed E-state index contributed by atoms with van der Waals surface area (Å²) in [5, 5.41) is 7.42. The van der Waals surface area contributed by atoms with E-state index in [0.29, 0.717) is 5.75 Å². The fourth-order valence-corrected chi connectivity index (χ4v) is 3.41. The summed E-state index contributed by atoms with van der Waals surface area (Å²) < 4.78 is 11.5. The summed E-state index contributed by atoms with van der Waals surface area (Å²) in [4.78, 5) is 21.4. The molecule has 30 heavy (non-hydrogen) atoms. The van der Waals surface area contributed by atoms with Gasteiger partial charge in [-0.2, -0.15) is 0 Å². The number of carbonyl (C=O) groups excluding carboxylic acids is 1. The number of carbonyl (C=O) groups is 2. The average Bonchev–Trinajstić information content (AvgIpc) is 3.19. The van der Waals surface area contributed by atoms with Crippen LogP contribution in [-0.2, 0) is 20.9 Å². The second kappa shape index (κ2) is 10.5. The average molecular weight is 451 g/mol. The minimum Gasteiger partial charge on any atom is -0.481 e. The summed E-state index contributed by atoms with van der Waals surface area (Å²) >= 11 is 11.5. The maximum atomic E-state index is 12.4. The molecule has 0 radical (unpaired) electrons. The van der Waals surface area contributed by atoms with E-state index < -0.39 is 5.97 Å². The zero-order valence-corrected chi connectivity index (χ0v) is 18.5. The van der Waals surface area contributed by atoms with Crippen LogP contribution in [0.3, 0.4) is 0 Å². The molecule has 1 saturated carbocycles. The van der Waals surface area contributed by atoms with Crippen LogP contribution < -0.4 is 4.74 Å². The van der Waals surface area contributed by atoms with Crippen molar-refractivity contribution in [2.45, 2.75) is 27.4 Å². The Morgan fingerprint density at radius 3 is 2.27 bits per heavy atom. The van der Waals surface area contributed by atoms with Crippen LogP contribution in [0.4, 0.5) is 0 Å². The van der Waals surface area contributed by atoms with Crippen LogP contribution in [0.1, 0.15) is 26.3 Å². The molecule has 2 aromatic carbocycles. The number of ether oxygens (including phenoxy) is 2. The highest BCUT2D eigenvalue weighted by Crippen LogP contribution is 2.60. The van der Waals surface area contributed by atoms with E-state index in [-0.39, 0.29) is 34.3 Å². The maximum Gasteiger partial charge on any atom is 0.310 e. The first kappa shape index (κ1) is 23.8. The van der Waals surface area contributed by atoms with Crippen molar-refractivity contribution in [3.8, 4) is 11.5 Å². The SMILES string of the molecule is CC(=O)O.CC1(C)C(C=C(Cl)Cl)C1C(=O)OCc1cccc(Oc2ccccc2)c1. The van der Waals surface area contributed by atoms with Gasteiger partial charge in [-0.05, 0) is 47.2 Å². The van der Waals surface area contributed by atoms with Crippen molar-refractivity contribution >= 4 is 35.1 Å². The second-order valence-electron chi connectivity index (χ2n) is 7.47. The number of benzene rings is 2. The van der Waals surface area contributed by atoms with E-state index in [1.54, 1.807) is 6.08 Å². The molecule has 1 aliphatic carbocycles. The number of hydrogen-bond acceptors (Lipinski definition) is 4. The molecule has 7 heteroatoms.